The minimum Gasteiger partial charge on any atom is -0.251 e. The summed E-state index contributed by atoms with van der Waals surface area (Å²) in [4.78, 5) is 9.24. The first kappa shape index (κ1) is 16.9. The molecule has 1 aliphatic heterocycles. The Labute approximate surface area is 158 Å². The van der Waals surface area contributed by atoms with Crippen molar-refractivity contribution in [2.24, 2.45) is 4.99 Å². The highest BCUT2D eigenvalue weighted by Gasteiger charge is 2.36. The molecule has 28 heavy (non-hydrogen) atoms. The van der Waals surface area contributed by atoms with Crippen LogP contribution in [0.4, 0.5) is 18.9 Å². The molecule has 0 bridgehead atoms. The van der Waals surface area contributed by atoms with Gasteiger partial charge in [-0.3, -0.25) is 4.99 Å². The maximum absolute atomic E-state index is 13.0. The second-order valence-electron chi connectivity index (χ2n) is 7.44. The fourth-order valence-electron chi connectivity index (χ4n) is 3.82. The van der Waals surface area contributed by atoms with Crippen LogP contribution in [0.3, 0.4) is 0 Å². The molecular formula is C21H15F3N4. The van der Waals surface area contributed by atoms with Crippen LogP contribution in [0.5, 0.6) is 0 Å². The van der Waals surface area contributed by atoms with Crippen molar-refractivity contribution in [1.82, 2.24) is 14.6 Å². The van der Waals surface area contributed by atoms with E-state index in [2.05, 4.69) is 30.0 Å². The van der Waals surface area contributed by atoms with Crippen molar-refractivity contribution in [3.8, 4) is 0 Å². The molecule has 2 aromatic carbocycles. The van der Waals surface area contributed by atoms with Crippen LogP contribution in [0.25, 0.3) is 16.6 Å². The predicted molar refractivity (Wildman–Crippen MR) is 101 cm³/mol. The van der Waals surface area contributed by atoms with Gasteiger partial charge in [-0.05, 0) is 29.8 Å². The van der Waals surface area contributed by atoms with Crippen LogP contribution in [0.2, 0.25) is 0 Å². The van der Waals surface area contributed by atoms with Crippen LogP contribution >= 0.6 is 0 Å². The van der Waals surface area contributed by atoms with Crippen LogP contribution in [-0.4, -0.2) is 20.3 Å². The second-order valence-corrected chi connectivity index (χ2v) is 7.44. The van der Waals surface area contributed by atoms with E-state index in [4.69, 9.17) is 4.99 Å². The Morgan fingerprint density at radius 3 is 2.57 bits per heavy atom. The summed E-state index contributed by atoms with van der Waals surface area (Å²) in [5, 5.41) is 4.90. The molecule has 0 saturated heterocycles. The lowest BCUT2D eigenvalue weighted by Crippen LogP contribution is -2.26. The van der Waals surface area contributed by atoms with Crippen molar-refractivity contribution in [2.75, 3.05) is 0 Å². The number of para-hydroxylation sites is 1. The molecule has 0 radical (unpaired) electrons. The normalized spacial score (nSPS) is 15.8. The van der Waals surface area contributed by atoms with Gasteiger partial charge in [-0.25, -0.2) is 9.50 Å². The van der Waals surface area contributed by atoms with E-state index in [-0.39, 0.29) is 10.9 Å². The Morgan fingerprint density at radius 1 is 1.04 bits per heavy atom. The SMILES string of the molecule is CC1(C)C(c2cnc3c4ccc(C(F)(F)F)cc4nn3c2)=Nc2ccccc21. The number of aliphatic imine (C=N–C) groups is 1. The van der Waals surface area contributed by atoms with Gasteiger partial charge in [0.25, 0.3) is 0 Å². The number of fused-ring (bicyclic) bond motifs is 4. The molecule has 5 rings (SSSR count). The standard InChI is InChI=1S/C21H15F3N4/c1-20(2)15-5-3-4-6-16(15)26-18(20)12-10-25-19-14-8-7-13(21(22,23)24)9-17(14)27-28(19)11-12/h3-11H,1-2H3. The molecule has 0 atom stereocenters. The largest absolute Gasteiger partial charge is 0.416 e. The molecule has 4 aromatic rings. The van der Waals surface area contributed by atoms with E-state index >= 15 is 0 Å². The molecule has 0 aliphatic carbocycles. The van der Waals surface area contributed by atoms with Crippen molar-refractivity contribution >= 4 is 27.9 Å². The summed E-state index contributed by atoms with van der Waals surface area (Å²) >= 11 is 0. The molecule has 4 nitrogen and oxygen atoms in total. The molecule has 0 unspecified atom stereocenters. The summed E-state index contributed by atoms with van der Waals surface area (Å²) in [6.07, 6.45) is -0.917. The first-order valence-corrected chi connectivity index (χ1v) is 8.79. The third kappa shape index (κ3) is 2.35. The number of rotatable bonds is 1. The summed E-state index contributed by atoms with van der Waals surface area (Å²) < 4.78 is 40.5. The van der Waals surface area contributed by atoms with Gasteiger partial charge in [0, 0.05) is 28.8 Å². The highest BCUT2D eigenvalue weighted by Crippen LogP contribution is 2.41. The highest BCUT2D eigenvalue weighted by molar-refractivity contribution is 6.12. The number of benzene rings is 2. The number of halogens is 3. The van der Waals surface area contributed by atoms with Gasteiger partial charge in [0.05, 0.1) is 22.5 Å². The number of nitrogens with zero attached hydrogens (tertiary/aromatic N) is 4. The Kier molecular flexibility index (Phi) is 3.27. The van der Waals surface area contributed by atoms with Gasteiger partial charge in [0.1, 0.15) is 0 Å². The van der Waals surface area contributed by atoms with Crippen molar-refractivity contribution in [2.45, 2.75) is 25.4 Å². The van der Waals surface area contributed by atoms with Gasteiger partial charge in [-0.1, -0.05) is 32.0 Å². The molecule has 0 fully saturated rings. The van der Waals surface area contributed by atoms with Gasteiger partial charge >= 0.3 is 6.18 Å². The number of alkyl halides is 3. The zero-order valence-corrected chi connectivity index (χ0v) is 15.1. The minimum atomic E-state index is -4.41. The predicted octanol–water partition coefficient (Wildman–Crippen LogP) is 5.31. The Morgan fingerprint density at radius 2 is 1.82 bits per heavy atom. The van der Waals surface area contributed by atoms with Gasteiger partial charge in [-0.15, -0.1) is 0 Å². The quantitative estimate of drug-likeness (QED) is 0.449. The summed E-state index contributed by atoms with van der Waals surface area (Å²) in [6.45, 7) is 4.19. The lowest BCUT2D eigenvalue weighted by atomic mass is 9.79. The Hall–Kier alpha value is -3.22. The van der Waals surface area contributed by atoms with Crippen molar-refractivity contribution < 1.29 is 13.2 Å². The van der Waals surface area contributed by atoms with Gasteiger partial charge < -0.3 is 0 Å². The van der Waals surface area contributed by atoms with Gasteiger partial charge in [0.15, 0.2) is 5.65 Å². The number of hydrogen-bond acceptors (Lipinski definition) is 3. The minimum absolute atomic E-state index is 0.260. The third-order valence-electron chi connectivity index (χ3n) is 5.26. The average molecular weight is 380 g/mol. The monoisotopic (exact) mass is 380 g/mol. The van der Waals surface area contributed by atoms with Crippen molar-refractivity contribution in [3.05, 3.63) is 71.5 Å². The van der Waals surface area contributed by atoms with Gasteiger partial charge in [-0.2, -0.15) is 18.3 Å². The first-order valence-electron chi connectivity index (χ1n) is 8.79. The highest BCUT2D eigenvalue weighted by atomic mass is 19.4. The topological polar surface area (TPSA) is 42.5 Å². The van der Waals surface area contributed by atoms with E-state index < -0.39 is 11.7 Å². The fraction of sp³-hybridized carbons (Fsp3) is 0.190. The van der Waals surface area contributed by atoms with Crippen LogP contribution in [0, 0.1) is 0 Å². The van der Waals surface area contributed by atoms with E-state index in [9.17, 15) is 13.2 Å². The molecule has 0 saturated carbocycles. The van der Waals surface area contributed by atoms with E-state index in [0.29, 0.717) is 11.0 Å². The molecule has 0 amide bonds. The van der Waals surface area contributed by atoms with E-state index in [1.165, 1.54) is 10.6 Å². The summed E-state index contributed by atoms with van der Waals surface area (Å²) in [7, 11) is 0. The maximum Gasteiger partial charge on any atom is 0.416 e. The summed E-state index contributed by atoms with van der Waals surface area (Å²) in [5.74, 6) is 0. The third-order valence-corrected chi connectivity index (χ3v) is 5.26. The summed E-state index contributed by atoms with van der Waals surface area (Å²) in [6, 6.07) is 11.5. The lowest BCUT2D eigenvalue weighted by Gasteiger charge is -2.22. The Bertz CT molecular complexity index is 1280. The molecule has 0 spiro atoms. The second kappa shape index (κ2) is 5.41. The van der Waals surface area contributed by atoms with Crippen LogP contribution in [0.15, 0.2) is 59.9 Å². The zero-order valence-electron chi connectivity index (χ0n) is 15.1. The maximum atomic E-state index is 13.0. The number of aromatic nitrogens is 3. The molecular weight excluding hydrogens is 365 g/mol. The molecule has 1 aliphatic rings. The molecule has 0 N–H and O–H groups in total. The average Bonchev–Trinajstić information content (AvgIpc) is 3.14. The zero-order chi connectivity index (χ0) is 19.7. The van der Waals surface area contributed by atoms with E-state index in [0.717, 1.165) is 34.7 Å². The molecule has 3 heterocycles. The molecule has 7 heteroatoms. The first-order chi connectivity index (χ1) is 13.2. The molecule has 140 valence electrons. The van der Waals surface area contributed by atoms with E-state index in [1.54, 1.807) is 12.4 Å². The van der Waals surface area contributed by atoms with Crippen LogP contribution < -0.4 is 0 Å². The van der Waals surface area contributed by atoms with Crippen LogP contribution in [-0.2, 0) is 11.6 Å². The smallest absolute Gasteiger partial charge is 0.251 e. The van der Waals surface area contributed by atoms with Gasteiger partial charge in [0.2, 0.25) is 0 Å². The fourth-order valence-corrected chi connectivity index (χ4v) is 3.82. The Balaban J connectivity index is 1.66. The molecule has 2 aromatic heterocycles. The number of hydrogen-bond donors (Lipinski definition) is 0. The lowest BCUT2D eigenvalue weighted by molar-refractivity contribution is -0.137. The summed E-state index contributed by atoms with van der Waals surface area (Å²) in [5.41, 5.74) is 3.45. The van der Waals surface area contributed by atoms with E-state index in [1.807, 2.05) is 18.2 Å². The van der Waals surface area contributed by atoms with Crippen LogP contribution in [0.1, 0.15) is 30.5 Å². The van der Waals surface area contributed by atoms with Crippen molar-refractivity contribution in [1.29, 1.82) is 0 Å². The van der Waals surface area contributed by atoms with Crippen molar-refractivity contribution in [3.63, 3.8) is 0 Å².